The minimum atomic E-state index is -4.36. The van der Waals surface area contributed by atoms with Crippen LogP contribution in [0.2, 0.25) is 0 Å². The summed E-state index contributed by atoms with van der Waals surface area (Å²) in [7, 11) is 0. The minimum Gasteiger partial charge on any atom is -0.444 e. The lowest BCUT2D eigenvalue weighted by molar-refractivity contribution is -0.137. The predicted octanol–water partition coefficient (Wildman–Crippen LogP) is 5.09. The Morgan fingerprint density at radius 2 is 1.81 bits per heavy atom. The van der Waals surface area contributed by atoms with Crippen LogP contribution >= 0.6 is 0 Å². The first-order chi connectivity index (χ1) is 11.8. The molecule has 1 amide bonds. The van der Waals surface area contributed by atoms with Crippen molar-refractivity contribution < 1.29 is 27.4 Å². The number of halogens is 3. The van der Waals surface area contributed by atoms with E-state index in [0.29, 0.717) is 5.56 Å². The van der Waals surface area contributed by atoms with E-state index < -0.39 is 29.2 Å². The molecule has 2 rings (SSSR count). The van der Waals surface area contributed by atoms with E-state index in [1.54, 1.807) is 46.8 Å². The zero-order valence-corrected chi connectivity index (χ0v) is 15.6. The number of alkyl halides is 3. The van der Waals surface area contributed by atoms with Gasteiger partial charge in [0.15, 0.2) is 0 Å². The number of hydrogen-bond donors (Lipinski definition) is 0. The van der Waals surface area contributed by atoms with Crippen LogP contribution in [-0.2, 0) is 15.7 Å². The van der Waals surface area contributed by atoms with Gasteiger partial charge in [0.1, 0.15) is 11.3 Å². The molecule has 26 heavy (non-hydrogen) atoms. The standard InChI is InChI=1S/C19H24F3NO3/c1-17(2,3)26-16(24)23-15(12-25-18(23,4)5)11-8-13-6-9-14(10-7-13)19(20,21)22/h6-11,15H,12H2,1-5H3/t15-/m1/s1. The van der Waals surface area contributed by atoms with Gasteiger partial charge in [-0.3, -0.25) is 4.90 Å². The predicted molar refractivity (Wildman–Crippen MR) is 92.4 cm³/mol. The van der Waals surface area contributed by atoms with Crippen molar-refractivity contribution in [1.29, 1.82) is 0 Å². The van der Waals surface area contributed by atoms with Crippen LogP contribution in [0.15, 0.2) is 30.3 Å². The highest BCUT2D eigenvalue weighted by Gasteiger charge is 2.44. The average Bonchev–Trinajstić information content (AvgIpc) is 2.77. The summed E-state index contributed by atoms with van der Waals surface area (Å²) >= 11 is 0. The summed E-state index contributed by atoms with van der Waals surface area (Å²) in [5.41, 5.74) is -1.57. The van der Waals surface area contributed by atoms with E-state index in [0.717, 1.165) is 12.1 Å². The molecule has 1 saturated heterocycles. The van der Waals surface area contributed by atoms with Gasteiger partial charge in [0.25, 0.3) is 0 Å². The molecule has 1 atom stereocenters. The summed E-state index contributed by atoms with van der Waals surface area (Å²) in [5.74, 6) is 0. The van der Waals surface area contributed by atoms with Crippen LogP contribution in [0.3, 0.4) is 0 Å². The third-order valence-electron chi connectivity index (χ3n) is 3.86. The van der Waals surface area contributed by atoms with Crippen molar-refractivity contribution in [1.82, 2.24) is 4.90 Å². The summed E-state index contributed by atoms with van der Waals surface area (Å²) in [6, 6.07) is 4.46. The molecule has 7 heteroatoms. The summed E-state index contributed by atoms with van der Waals surface area (Å²) in [4.78, 5) is 14.0. The minimum absolute atomic E-state index is 0.281. The largest absolute Gasteiger partial charge is 0.444 e. The number of carbonyl (C=O) groups excluding carboxylic acids is 1. The van der Waals surface area contributed by atoms with Gasteiger partial charge in [-0.15, -0.1) is 0 Å². The monoisotopic (exact) mass is 371 g/mol. The maximum Gasteiger partial charge on any atom is 0.416 e. The highest BCUT2D eigenvalue weighted by atomic mass is 19.4. The van der Waals surface area contributed by atoms with Crippen LogP contribution < -0.4 is 0 Å². The number of rotatable bonds is 2. The zero-order chi connectivity index (χ0) is 19.8. The van der Waals surface area contributed by atoms with Gasteiger partial charge >= 0.3 is 12.3 Å². The van der Waals surface area contributed by atoms with E-state index >= 15 is 0 Å². The van der Waals surface area contributed by atoms with Gasteiger partial charge in [0, 0.05) is 0 Å². The Bertz CT molecular complexity index is 673. The first-order valence-electron chi connectivity index (χ1n) is 8.31. The molecule has 1 aliphatic heterocycles. The van der Waals surface area contributed by atoms with E-state index in [1.165, 1.54) is 17.0 Å². The SMILES string of the molecule is CC(C)(C)OC(=O)N1[C@H](C=Cc2ccc(C(F)(F)F)cc2)COC1(C)C. The summed E-state index contributed by atoms with van der Waals surface area (Å²) in [5, 5.41) is 0. The molecule has 0 bridgehead atoms. The van der Waals surface area contributed by atoms with Gasteiger partial charge in [0.05, 0.1) is 18.2 Å². The van der Waals surface area contributed by atoms with Crippen LogP contribution in [0, 0.1) is 0 Å². The van der Waals surface area contributed by atoms with Crippen molar-refractivity contribution >= 4 is 12.2 Å². The van der Waals surface area contributed by atoms with Gasteiger partial charge < -0.3 is 9.47 Å². The van der Waals surface area contributed by atoms with Crippen molar-refractivity contribution in [3.63, 3.8) is 0 Å². The smallest absolute Gasteiger partial charge is 0.416 e. The van der Waals surface area contributed by atoms with Crippen molar-refractivity contribution in [3.05, 3.63) is 41.5 Å². The number of nitrogens with zero attached hydrogens (tertiary/aromatic N) is 1. The van der Waals surface area contributed by atoms with Crippen LogP contribution in [0.25, 0.3) is 6.08 Å². The van der Waals surface area contributed by atoms with Gasteiger partial charge in [-0.1, -0.05) is 24.3 Å². The third kappa shape index (κ3) is 5.00. The molecule has 0 spiro atoms. The lowest BCUT2D eigenvalue weighted by atomic mass is 10.1. The Morgan fingerprint density at radius 3 is 2.31 bits per heavy atom. The van der Waals surface area contributed by atoms with Crippen molar-refractivity contribution in [2.75, 3.05) is 6.61 Å². The van der Waals surface area contributed by atoms with E-state index in [4.69, 9.17) is 9.47 Å². The molecule has 0 saturated carbocycles. The summed E-state index contributed by atoms with van der Waals surface area (Å²) in [6.45, 7) is 9.15. The van der Waals surface area contributed by atoms with Crippen LogP contribution in [-0.4, -0.2) is 35.0 Å². The molecule has 0 unspecified atom stereocenters. The van der Waals surface area contributed by atoms with E-state index in [1.807, 2.05) is 0 Å². The Balaban J connectivity index is 2.16. The number of ether oxygens (including phenoxy) is 2. The highest BCUT2D eigenvalue weighted by molar-refractivity contribution is 5.70. The third-order valence-corrected chi connectivity index (χ3v) is 3.86. The first kappa shape index (κ1) is 20.3. The van der Waals surface area contributed by atoms with Gasteiger partial charge in [-0.05, 0) is 52.3 Å². The molecular weight excluding hydrogens is 347 g/mol. The Hall–Kier alpha value is -2.02. The number of carbonyl (C=O) groups is 1. The maximum atomic E-state index is 12.6. The van der Waals surface area contributed by atoms with Gasteiger partial charge in [-0.2, -0.15) is 13.2 Å². The average molecular weight is 371 g/mol. The molecule has 4 nitrogen and oxygen atoms in total. The lowest BCUT2D eigenvalue weighted by Crippen LogP contribution is -2.49. The second kappa shape index (κ2) is 6.95. The zero-order valence-electron chi connectivity index (χ0n) is 15.6. The molecule has 144 valence electrons. The quantitative estimate of drug-likeness (QED) is 0.727. The van der Waals surface area contributed by atoms with Gasteiger partial charge in [-0.25, -0.2) is 4.79 Å². The van der Waals surface area contributed by atoms with Crippen molar-refractivity contribution in [2.24, 2.45) is 0 Å². The number of benzene rings is 1. The molecule has 1 aliphatic rings. The van der Waals surface area contributed by atoms with E-state index in [2.05, 4.69) is 0 Å². The van der Waals surface area contributed by atoms with Crippen LogP contribution in [0.4, 0.5) is 18.0 Å². The second-order valence-corrected chi connectivity index (χ2v) is 7.65. The molecule has 0 radical (unpaired) electrons. The summed E-state index contributed by atoms with van der Waals surface area (Å²) in [6.07, 6.45) is -1.45. The Labute approximate surface area is 151 Å². The molecule has 1 aromatic carbocycles. The summed E-state index contributed by atoms with van der Waals surface area (Å²) < 4.78 is 49.0. The van der Waals surface area contributed by atoms with E-state index in [9.17, 15) is 18.0 Å². The molecular formula is C19H24F3NO3. The first-order valence-corrected chi connectivity index (χ1v) is 8.31. The number of amides is 1. The van der Waals surface area contributed by atoms with Gasteiger partial charge in [0.2, 0.25) is 0 Å². The van der Waals surface area contributed by atoms with Crippen LogP contribution in [0.5, 0.6) is 0 Å². The van der Waals surface area contributed by atoms with E-state index in [-0.39, 0.29) is 12.6 Å². The fourth-order valence-corrected chi connectivity index (χ4v) is 2.65. The topological polar surface area (TPSA) is 38.8 Å². The molecule has 1 heterocycles. The number of hydrogen-bond acceptors (Lipinski definition) is 3. The maximum absolute atomic E-state index is 12.6. The molecule has 0 aromatic heterocycles. The molecule has 0 aliphatic carbocycles. The Kier molecular flexibility index (Phi) is 5.42. The highest BCUT2D eigenvalue weighted by Crippen LogP contribution is 2.31. The Morgan fingerprint density at radius 1 is 1.23 bits per heavy atom. The lowest BCUT2D eigenvalue weighted by Gasteiger charge is -2.34. The second-order valence-electron chi connectivity index (χ2n) is 7.65. The van der Waals surface area contributed by atoms with Crippen molar-refractivity contribution in [2.45, 2.75) is 58.2 Å². The molecule has 1 fully saturated rings. The van der Waals surface area contributed by atoms with Crippen molar-refractivity contribution in [3.8, 4) is 0 Å². The van der Waals surface area contributed by atoms with Crippen LogP contribution in [0.1, 0.15) is 45.7 Å². The fraction of sp³-hybridized carbons (Fsp3) is 0.526. The molecule has 1 aromatic rings. The normalized spacial score (nSPS) is 20.6. The molecule has 0 N–H and O–H groups in total. The fourth-order valence-electron chi connectivity index (χ4n) is 2.65.